The lowest BCUT2D eigenvalue weighted by atomic mass is 10.1. The summed E-state index contributed by atoms with van der Waals surface area (Å²) in [5.41, 5.74) is 6.02. The molecule has 1 aliphatic rings. The van der Waals surface area contributed by atoms with Crippen LogP contribution in [-0.4, -0.2) is 32.1 Å². The number of anilines is 1. The minimum Gasteiger partial charge on any atom is -0.465 e. The van der Waals surface area contributed by atoms with Gasteiger partial charge in [0.1, 0.15) is 5.00 Å². The lowest BCUT2D eigenvalue weighted by Crippen LogP contribution is -2.26. The highest BCUT2D eigenvalue weighted by Gasteiger charge is 2.32. The number of nitrogens with zero attached hydrogens (tertiary/aromatic N) is 1. The summed E-state index contributed by atoms with van der Waals surface area (Å²) in [4.78, 5) is 25.0. The van der Waals surface area contributed by atoms with Gasteiger partial charge in [-0.25, -0.2) is 4.79 Å². The molecular weight excluding hydrogens is 240 g/mol. The number of carbonyl (C=O) groups is 2. The third-order valence-electron chi connectivity index (χ3n) is 2.83. The summed E-state index contributed by atoms with van der Waals surface area (Å²) in [7, 11) is 1.33. The van der Waals surface area contributed by atoms with Gasteiger partial charge in [-0.2, -0.15) is 0 Å². The fraction of sp³-hybridized carbons (Fsp3) is 0.455. The molecule has 1 atom stereocenters. The van der Waals surface area contributed by atoms with Crippen LogP contribution in [0, 0.1) is 5.92 Å². The van der Waals surface area contributed by atoms with Gasteiger partial charge < -0.3 is 15.4 Å². The standard InChI is InChI=1S/C11H14N2O3S/c1-16-11(15)8-2-3-17-10(8)13-6-7(5-12)4-9(13)14/h2-3,7H,4-6,12H2,1H3. The van der Waals surface area contributed by atoms with E-state index in [4.69, 9.17) is 5.73 Å². The van der Waals surface area contributed by atoms with Gasteiger partial charge >= 0.3 is 5.97 Å². The van der Waals surface area contributed by atoms with Gasteiger partial charge in [0.05, 0.1) is 12.7 Å². The molecular formula is C11H14N2O3S. The van der Waals surface area contributed by atoms with Gasteiger partial charge in [0, 0.05) is 13.0 Å². The predicted octanol–water partition coefficient (Wildman–Crippen LogP) is 0.846. The molecule has 2 N–H and O–H groups in total. The van der Waals surface area contributed by atoms with Crippen LogP contribution >= 0.6 is 11.3 Å². The summed E-state index contributed by atoms with van der Waals surface area (Å²) >= 11 is 1.37. The molecule has 0 aromatic carbocycles. The summed E-state index contributed by atoms with van der Waals surface area (Å²) in [5, 5.41) is 2.45. The molecule has 2 rings (SSSR count). The second kappa shape index (κ2) is 4.85. The third kappa shape index (κ3) is 2.18. The summed E-state index contributed by atoms with van der Waals surface area (Å²) in [6.45, 7) is 1.07. The quantitative estimate of drug-likeness (QED) is 0.811. The van der Waals surface area contributed by atoms with Crippen LogP contribution in [0.2, 0.25) is 0 Å². The molecule has 0 saturated carbocycles. The second-order valence-corrected chi connectivity index (χ2v) is 4.84. The topological polar surface area (TPSA) is 72.6 Å². The van der Waals surface area contributed by atoms with Crippen molar-refractivity contribution in [2.45, 2.75) is 6.42 Å². The molecule has 1 fully saturated rings. The SMILES string of the molecule is COC(=O)c1ccsc1N1CC(CN)CC1=O. The Morgan fingerprint density at radius 2 is 2.47 bits per heavy atom. The van der Waals surface area contributed by atoms with Crippen LogP contribution < -0.4 is 10.6 Å². The maximum Gasteiger partial charge on any atom is 0.340 e. The average molecular weight is 254 g/mol. The molecule has 5 nitrogen and oxygen atoms in total. The Labute approximate surface area is 103 Å². The molecule has 17 heavy (non-hydrogen) atoms. The van der Waals surface area contributed by atoms with E-state index in [1.165, 1.54) is 18.4 Å². The van der Waals surface area contributed by atoms with Gasteiger partial charge in [-0.05, 0) is 23.9 Å². The molecule has 2 heterocycles. The molecule has 1 aliphatic heterocycles. The summed E-state index contributed by atoms with van der Waals surface area (Å²) < 4.78 is 4.69. The number of thiophene rings is 1. The smallest absolute Gasteiger partial charge is 0.340 e. The van der Waals surface area contributed by atoms with E-state index in [9.17, 15) is 9.59 Å². The van der Waals surface area contributed by atoms with E-state index in [1.54, 1.807) is 16.3 Å². The van der Waals surface area contributed by atoms with Gasteiger partial charge in [0.15, 0.2) is 0 Å². The zero-order valence-electron chi connectivity index (χ0n) is 9.51. The second-order valence-electron chi connectivity index (χ2n) is 3.94. The van der Waals surface area contributed by atoms with E-state index < -0.39 is 5.97 Å². The first-order chi connectivity index (χ1) is 8.17. The molecule has 6 heteroatoms. The molecule has 0 radical (unpaired) electrons. The van der Waals surface area contributed by atoms with Crippen LogP contribution in [0.5, 0.6) is 0 Å². The van der Waals surface area contributed by atoms with Crippen LogP contribution in [0.15, 0.2) is 11.4 Å². The Morgan fingerprint density at radius 3 is 3.06 bits per heavy atom. The number of amides is 1. The van der Waals surface area contributed by atoms with Crippen molar-refractivity contribution in [2.24, 2.45) is 11.7 Å². The summed E-state index contributed by atoms with van der Waals surface area (Å²) in [6, 6.07) is 1.68. The highest BCUT2D eigenvalue weighted by Crippen LogP contribution is 2.33. The molecule has 1 saturated heterocycles. The molecule has 1 amide bonds. The molecule has 0 aliphatic carbocycles. The zero-order chi connectivity index (χ0) is 12.4. The number of rotatable bonds is 3. The number of nitrogens with two attached hydrogens (primary N) is 1. The Balaban J connectivity index is 2.26. The van der Waals surface area contributed by atoms with Gasteiger partial charge in [-0.3, -0.25) is 4.79 Å². The van der Waals surface area contributed by atoms with Crippen molar-refractivity contribution in [2.75, 3.05) is 25.1 Å². The highest BCUT2D eigenvalue weighted by molar-refractivity contribution is 7.14. The van der Waals surface area contributed by atoms with Crippen molar-refractivity contribution in [3.8, 4) is 0 Å². The first kappa shape index (κ1) is 12.1. The highest BCUT2D eigenvalue weighted by atomic mass is 32.1. The van der Waals surface area contributed by atoms with Crippen LogP contribution in [0.4, 0.5) is 5.00 Å². The summed E-state index contributed by atoms with van der Waals surface area (Å²) in [6.07, 6.45) is 0.453. The number of hydrogen-bond acceptors (Lipinski definition) is 5. The largest absolute Gasteiger partial charge is 0.465 e. The first-order valence-corrected chi connectivity index (χ1v) is 6.21. The van der Waals surface area contributed by atoms with Crippen LogP contribution in [0.3, 0.4) is 0 Å². The minimum atomic E-state index is -0.412. The van der Waals surface area contributed by atoms with Crippen molar-refractivity contribution in [3.05, 3.63) is 17.0 Å². The van der Waals surface area contributed by atoms with Gasteiger partial charge in [-0.15, -0.1) is 11.3 Å². The maximum atomic E-state index is 11.8. The Hall–Kier alpha value is -1.40. The fourth-order valence-corrected chi connectivity index (χ4v) is 2.83. The zero-order valence-corrected chi connectivity index (χ0v) is 10.3. The van der Waals surface area contributed by atoms with Crippen LogP contribution in [-0.2, 0) is 9.53 Å². The normalized spacial score (nSPS) is 19.8. The fourth-order valence-electron chi connectivity index (χ4n) is 1.91. The lowest BCUT2D eigenvalue weighted by molar-refractivity contribution is -0.117. The Morgan fingerprint density at radius 1 is 1.71 bits per heavy atom. The average Bonchev–Trinajstić information content (AvgIpc) is 2.93. The minimum absolute atomic E-state index is 0.0213. The van der Waals surface area contributed by atoms with Gasteiger partial charge in [-0.1, -0.05) is 0 Å². The van der Waals surface area contributed by atoms with Crippen molar-refractivity contribution in [1.82, 2.24) is 0 Å². The Kier molecular flexibility index (Phi) is 3.44. The van der Waals surface area contributed by atoms with Crippen LogP contribution in [0.1, 0.15) is 16.8 Å². The molecule has 92 valence electrons. The summed E-state index contributed by atoms with van der Waals surface area (Å²) in [5.74, 6) is -0.214. The third-order valence-corrected chi connectivity index (χ3v) is 3.77. The molecule has 1 aromatic heterocycles. The number of esters is 1. The van der Waals surface area contributed by atoms with Crippen LogP contribution in [0.25, 0.3) is 0 Å². The predicted molar refractivity (Wildman–Crippen MR) is 65.2 cm³/mol. The van der Waals surface area contributed by atoms with Crippen molar-refractivity contribution in [3.63, 3.8) is 0 Å². The van der Waals surface area contributed by atoms with Crippen molar-refractivity contribution in [1.29, 1.82) is 0 Å². The van der Waals surface area contributed by atoms with Gasteiger partial charge in [0.2, 0.25) is 5.91 Å². The molecule has 1 unspecified atom stereocenters. The monoisotopic (exact) mass is 254 g/mol. The molecule has 0 spiro atoms. The molecule has 1 aromatic rings. The van der Waals surface area contributed by atoms with Crippen molar-refractivity contribution >= 4 is 28.2 Å². The van der Waals surface area contributed by atoms with E-state index in [-0.39, 0.29) is 11.8 Å². The van der Waals surface area contributed by atoms with E-state index >= 15 is 0 Å². The van der Waals surface area contributed by atoms with E-state index in [1.807, 2.05) is 0 Å². The number of ether oxygens (including phenoxy) is 1. The lowest BCUT2D eigenvalue weighted by Gasteiger charge is -2.15. The number of carbonyl (C=O) groups excluding carboxylic acids is 2. The van der Waals surface area contributed by atoms with Crippen molar-refractivity contribution < 1.29 is 14.3 Å². The van der Waals surface area contributed by atoms with E-state index in [0.717, 1.165) is 0 Å². The first-order valence-electron chi connectivity index (χ1n) is 5.33. The maximum absolute atomic E-state index is 11.8. The van der Waals surface area contributed by atoms with Gasteiger partial charge in [0.25, 0.3) is 0 Å². The Bertz CT molecular complexity index is 444. The van der Waals surface area contributed by atoms with E-state index in [0.29, 0.717) is 30.1 Å². The number of methoxy groups -OCH3 is 1. The number of hydrogen-bond donors (Lipinski definition) is 1. The van der Waals surface area contributed by atoms with E-state index in [2.05, 4.69) is 4.74 Å². The molecule has 0 bridgehead atoms.